The van der Waals surface area contributed by atoms with Crippen LogP contribution in [-0.4, -0.2) is 49.3 Å². The lowest BCUT2D eigenvalue weighted by Gasteiger charge is -2.38. The maximum absolute atomic E-state index is 12.3. The van der Waals surface area contributed by atoms with Crippen molar-refractivity contribution in [2.45, 2.75) is 50.5 Å². The molecule has 0 aromatic carbocycles. The van der Waals surface area contributed by atoms with E-state index in [4.69, 9.17) is 10.5 Å². The molecule has 110 valence electrons. The van der Waals surface area contributed by atoms with Gasteiger partial charge in [-0.3, -0.25) is 0 Å². The Kier molecular flexibility index (Phi) is 5.45. The highest BCUT2D eigenvalue weighted by molar-refractivity contribution is 5.75. The summed E-state index contributed by atoms with van der Waals surface area (Å²) in [6.45, 7) is 3.20. The van der Waals surface area contributed by atoms with Crippen LogP contribution in [0.4, 0.5) is 4.79 Å². The van der Waals surface area contributed by atoms with Crippen LogP contribution in [0.2, 0.25) is 0 Å². The molecule has 2 rings (SSSR count). The van der Waals surface area contributed by atoms with Crippen LogP contribution in [0.5, 0.6) is 0 Å². The fourth-order valence-electron chi connectivity index (χ4n) is 3.03. The van der Waals surface area contributed by atoms with Gasteiger partial charge in [0.2, 0.25) is 0 Å². The van der Waals surface area contributed by atoms with Crippen LogP contribution in [0.1, 0.15) is 44.9 Å². The Morgan fingerprint density at radius 1 is 1.11 bits per heavy atom. The van der Waals surface area contributed by atoms with Crippen LogP contribution in [0, 0.1) is 0 Å². The molecule has 5 nitrogen and oxygen atoms in total. The van der Waals surface area contributed by atoms with Gasteiger partial charge >= 0.3 is 6.03 Å². The number of carbonyl (C=O) groups is 1. The van der Waals surface area contributed by atoms with Gasteiger partial charge in [-0.1, -0.05) is 32.1 Å². The molecule has 1 saturated heterocycles. The highest BCUT2D eigenvalue weighted by Crippen LogP contribution is 2.25. The molecule has 2 fully saturated rings. The Balaban J connectivity index is 1.93. The molecule has 0 bridgehead atoms. The third-order valence-electron chi connectivity index (χ3n) is 4.37. The van der Waals surface area contributed by atoms with Gasteiger partial charge in [0.1, 0.15) is 0 Å². The summed E-state index contributed by atoms with van der Waals surface area (Å²) in [6.07, 6.45) is 8.20. The van der Waals surface area contributed by atoms with Crippen molar-refractivity contribution in [1.82, 2.24) is 10.2 Å². The van der Waals surface area contributed by atoms with Crippen molar-refractivity contribution in [2.24, 2.45) is 5.73 Å². The fraction of sp³-hybridized carbons (Fsp3) is 0.929. The zero-order chi connectivity index (χ0) is 13.6. The van der Waals surface area contributed by atoms with Crippen molar-refractivity contribution in [3.63, 3.8) is 0 Å². The first-order valence-corrected chi connectivity index (χ1v) is 7.61. The minimum Gasteiger partial charge on any atom is -0.378 e. The second-order valence-corrected chi connectivity index (χ2v) is 5.78. The van der Waals surface area contributed by atoms with Crippen molar-refractivity contribution < 1.29 is 9.53 Å². The number of morpholine rings is 1. The van der Waals surface area contributed by atoms with Crippen LogP contribution in [-0.2, 0) is 4.74 Å². The molecular weight excluding hydrogens is 242 g/mol. The summed E-state index contributed by atoms with van der Waals surface area (Å²) in [4.78, 5) is 14.2. The van der Waals surface area contributed by atoms with Crippen LogP contribution in [0.25, 0.3) is 0 Å². The Hall–Kier alpha value is -0.810. The zero-order valence-corrected chi connectivity index (χ0v) is 11.8. The van der Waals surface area contributed by atoms with E-state index in [1.165, 1.54) is 32.1 Å². The molecule has 2 amide bonds. The monoisotopic (exact) mass is 269 g/mol. The Morgan fingerprint density at radius 2 is 1.68 bits per heavy atom. The van der Waals surface area contributed by atoms with E-state index in [0.717, 1.165) is 12.8 Å². The summed E-state index contributed by atoms with van der Waals surface area (Å²) in [5, 5.41) is 3.23. The molecule has 0 radical (unpaired) electrons. The predicted octanol–water partition coefficient (Wildman–Crippen LogP) is 1.47. The van der Waals surface area contributed by atoms with Gasteiger partial charge in [-0.05, 0) is 12.8 Å². The first kappa shape index (κ1) is 14.6. The summed E-state index contributed by atoms with van der Waals surface area (Å²) in [5.74, 6) is 0. The van der Waals surface area contributed by atoms with Gasteiger partial charge < -0.3 is 20.7 Å². The molecular formula is C14H27N3O2. The van der Waals surface area contributed by atoms with E-state index in [1.54, 1.807) is 0 Å². The van der Waals surface area contributed by atoms with E-state index >= 15 is 0 Å². The third kappa shape index (κ3) is 4.08. The second-order valence-electron chi connectivity index (χ2n) is 5.78. The van der Waals surface area contributed by atoms with Crippen molar-refractivity contribution >= 4 is 6.03 Å². The van der Waals surface area contributed by atoms with Crippen molar-refractivity contribution in [2.75, 3.05) is 32.8 Å². The normalized spacial score (nSPS) is 24.4. The number of nitrogens with zero attached hydrogens (tertiary/aromatic N) is 1. The molecule has 1 heterocycles. The Morgan fingerprint density at radius 3 is 2.26 bits per heavy atom. The molecule has 1 saturated carbocycles. The maximum atomic E-state index is 12.3. The third-order valence-corrected chi connectivity index (χ3v) is 4.37. The quantitative estimate of drug-likeness (QED) is 0.797. The van der Waals surface area contributed by atoms with Gasteiger partial charge in [-0.15, -0.1) is 0 Å². The number of carbonyl (C=O) groups excluding carboxylic acids is 1. The highest BCUT2D eigenvalue weighted by Gasteiger charge is 2.32. The van der Waals surface area contributed by atoms with E-state index < -0.39 is 0 Å². The van der Waals surface area contributed by atoms with Gasteiger partial charge in [0.05, 0.1) is 18.8 Å². The summed E-state index contributed by atoms with van der Waals surface area (Å²) in [6, 6.07) is 0.0364. The van der Waals surface area contributed by atoms with Crippen LogP contribution in [0.3, 0.4) is 0 Å². The van der Waals surface area contributed by atoms with E-state index in [1.807, 2.05) is 4.90 Å². The van der Waals surface area contributed by atoms with Crippen LogP contribution < -0.4 is 11.1 Å². The first-order chi connectivity index (χ1) is 9.26. The smallest absolute Gasteiger partial charge is 0.318 e. The first-order valence-electron chi connectivity index (χ1n) is 7.61. The highest BCUT2D eigenvalue weighted by atomic mass is 16.5. The van der Waals surface area contributed by atoms with Crippen LogP contribution in [0.15, 0.2) is 0 Å². The standard InChI is InChI=1S/C14H27N3O2/c15-12-14(6-4-2-1-3-5-7-14)16-13(18)17-8-10-19-11-9-17/h1-12,15H2,(H,16,18). The number of nitrogens with two attached hydrogens (primary N) is 1. The molecule has 0 unspecified atom stereocenters. The lowest BCUT2D eigenvalue weighted by atomic mass is 9.84. The Bertz CT molecular complexity index is 282. The average molecular weight is 269 g/mol. The minimum atomic E-state index is -0.185. The van der Waals surface area contributed by atoms with Gasteiger partial charge in [0.15, 0.2) is 0 Å². The number of rotatable bonds is 2. The SMILES string of the molecule is NCC1(NC(=O)N2CCOCC2)CCCCCCC1. The van der Waals surface area contributed by atoms with Crippen LogP contribution >= 0.6 is 0 Å². The van der Waals surface area contributed by atoms with Gasteiger partial charge in [0, 0.05) is 19.6 Å². The summed E-state index contributed by atoms with van der Waals surface area (Å²) >= 11 is 0. The molecule has 1 aliphatic carbocycles. The molecule has 19 heavy (non-hydrogen) atoms. The van der Waals surface area contributed by atoms with Crippen molar-refractivity contribution in [3.8, 4) is 0 Å². The molecule has 0 aromatic rings. The molecule has 2 aliphatic rings. The number of urea groups is 1. The lowest BCUT2D eigenvalue weighted by molar-refractivity contribution is 0.0503. The Labute approximate surface area is 115 Å². The summed E-state index contributed by atoms with van der Waals surface area (Å²) in [5.41, 5.74) is 5.79. The van der Waals surface area contributed by atoms with E-state index in [-0.39, 0.29) is 11.6 Å². The topological polar surface area (TPSA) is 67.6 Å². The molecule has 0 atom stereocenters. The molecule has 0 spiro atoms. The molecule has 0 aromatic heterocycles. The molecule has 5 heteroatoms. The maximum Gasteiger partial charge on any atom is 0.318 e. The molecule has 1 aliphatic heterocycles. The number of hydrogen-bond donors (Lipinski definition) is 2. The predicted molar refractivity (Wildman–Crippen MR) is 75.0 cm³/mol. The number of ether oxygens (including phenoxy) is 1. The fourth-order valence-corrected chi connectivity index (χ4v) is 3.03. The molecule has 3 N–H and O–H groups in total. The van der Waals surface area contributed by atoms with Crippen molar-refractivity contribution in [1.29, 1.82) is 0 Å². The summed E-state index contributed by atoms with van der Waals surface area (Å²) in [7, 11) is 0. The summed E-state index contributed by atoms with van der Waals surface area (Å²) < 4.78 is 5.28. The number of nitrogens with one attached hydrogen (secondary N) is 1. The number of hydrogen-bond acceptors (Lipinski definition) is 3. The van der Waals surface area contributed by atoms with Gasteiger partial charge in [-0.2, -0.15) is 0 Å². The second kappa shape index (κ2) is 7.10. The minimum absolute atomic E-state index is 0.0364. The largest absolute Gasteiger partial charge is 0.378 e. The van der Waals surface area contributed by atoms with Gasteiger partial charge in [0.25, 0.3) is 0 Å². The lowest BCUT2D eigenvalue weighted by Crippen LogP contribution is -2.58. The van der Waals surface area contributed by atoms with Crippen molar-refractivity contribution in [3.05, 3.63) is 0 Å². The van der Waals surface area contributed by atoms with E-state index in [0.29, 0.717) is 32.8 Å². The number of amides is 2. The average Bonchev–Trinajstić information content (AvgIpc) is 2.43. The van der Waals surface area contributed by atoms with E-state index in [2.05, 4.69) is 5.32 Å². The zero-order valence-electron chi connectivity index (χ0n) is 11.8. The van der Waals surface area contributed by atoms with E-state index in [9.17, 15) is 4.79 Å². The van der Waals surface area contributed by atoms with Gasteiger partial charge in [-0.25, -0.2) is 4.79 Å².